The molecule has 0 spiro atoms. The summed E-state index contributed by atoms with van der Waals surface area (Å²) >= 11 is 0. The van der Waals surface area contributed by atoms with Gasteiger partial charge in [0.05, 0.1) is 12.5 Å². The highest BCUT2D eigenvalue weighted by Crippen LogP contribution is 2.45. The zero-order chi connectivity index (χ0) is 26.3. The van der Waals surface area contributed by atoms with Gasteiger partial charge >= 0.3 is 16.4 Å². The topological polar surface area (TPSA) is 118 Å². The first kappa shape index (κ1) is 28.3. The number of benzene rings is 1. The molecule has 0 radical (unpaired) electrons. The van der Waals surface area contributed by atoms with E-state index < -0.39 is 10.4 Å². The molecule has 4 rings (SSSR count). The molecule has 2 heterocycles. The molecule has 1 aliphatic heterocycles. The van der Waals surface area contributed by atoms with Crippen LogP contribution < -0.4 is 0 Å². The maximum atomic E-state index is 12.9. The molecular weight excluding hydrogens is 484 g/mol. The number of aromatic nitrogens is 1. The maximum absolute atomic E-state index is 12.9. The minimum atomic E-state index is -4.67. The summed E-state index contributed by atoms with van der Waals surface area (Å²) in [6.07, 6.45) is 8.10. The lowest BCUT2D eigenvalue weighted by Crippen LogP contribution is -2.51. The number of fused-ring (bicyclic) bond motifs is 2. The van der Waals surface area contributed by atoms with E-state index in [9.17, 15) is 4.79 Å². The van der Waals surface area contributed by atoms with Crippen molar-refractivity contribution in [3.63, 3.8) is 0 Å². The van der Waals surface area contributed by atoms with Crippen LogP contribution in [0.15, 0.2) is 37.1 Å². The van der Waals surface area contributed by atoms with E-state index >= 15 is 0 Å². The van der Waals surface area contributed by atoms with Crippen molar-refractivity contribution in [2.24, 2.45) is 5.92 Å². The molecule has 1 fully saturated rings. The molecule has 1 aromatic carbocycles. The van der Waals surface area contributed by atoms with E-state index in [0.29, 0.717) is 31.8 Å². The first-order valence-electron chi connectivity index (χ1n) is 12.6. The third-order valence-corrected chi connectivity index (χ3v) is 6.82. The fourth-order valence-corrected chi connectivity index (χ4v) is 5.54. The number of carbonyl (C=O) groups excluding carboxylic acids is 1. The Bertz CT molecular complexity index is 1140. The SMILES string of the molecule is C=CCN1C[C@H](C(=O)OCCCOCC)C[C@@H]2c3cccc4c3c(cn4CCC)C[C@H]21.O=S(=O)(O)O. The van der Waals surface area contributed by atoms with Gasteiger partial charge in [-0.15, -0.1) is 6.58 Å². The molecule has 0 amide bonds. The third kappa shape index (κ3) is 7.17. The van der Waals surface area contributed by atoms with Crippen LogP contribution in [0.1, 0.15) is 50.2 Å². The second-order valence-corrected chi connectivity index (χ2v) is 10.2. The molecule has 1 aromatic heterocycles. The summed E-state index contributed by atoms with van der Waals surface area (Å²) in [5.74, 6) is 0.191. The number of ether oxygens (including phenoxy) is 2. The van der Waals surface area contributed by atoms with Crippen molar-refractivity contribution < 1.29 is 31.8 Å². The molecule has 3 atom stereocenters. The van der Waals surface area contributed by atoms with Gasteiger partial charge in [-0.3, -0.25) is 18.8 Å². The predicted molar refractivity (Wildman–Crippen MR) is 139 cm³/mol. The summed E-state index contributed by atoms with van der Waals surface area (Å²) in [5, 5.41) is 1.42. The van der Waals surface area contributed by atoms with E-state index in [1.165, 1.54) is 22.0 Å². The Morgan fingerprint density at radius 3 is 2.67 bits per heavy atom. The van der Waals surface area contributed by atoms with Crippen LogP contribution in [0.3, 0.4) is 0 Å². The smallest absolute Gasteiger partial charge is 0.394 e. The van der Waals surface area contributed by atoms with Gasteiger partial charge in [0.25, 0.3) is 0 Å². The largest absolute Gasteiger partial charge is 0.465 e. The Kier molecular flexibility index (Phi) is 10.1. The predicted octanol–water partition coefficient (Wildman–Crippen LogP) is 3.88. The van der Waals surface area contributed by atoms with E-state index in [4.69, 9.17) is 27.0 Å². The van der Waals surface area contributed by atoms with Gasteiger partial charge in [-0.2, -0.15) is 8.42 Å². The highest BCUT2D eigenvalue weighted by Gasteiger charge is 2.43. The van der Waals surface area contributed by atoms with E-state index in [1.807, 2.05) is 13.0 Å². The molecule has 36 heavy (non-hydrogen) atoms. The van der Waals surface area contributed by atoms with Crippen molar-refractivity contribution >= 4 is 27.3 Å². The Morgan fingerprint density at radius 1 is 1.25 bits per heavy atom. The summed E-state index contributed by atoms with van der Waals surface area (Å²) in [4.78, 5) is 15.4. The van der Waals surface area contributed by atoms with E-state index in [-0.39, 0.29) is 11.9 Å². The summed E-state index contributed by atoms with van der Waals surface area (Å²) in [6.45, 7) is 12.5. The maximum Gasteiger partial charge on any atom is 0.394 e. The molecule has 0 bridgehead atoms. The molecule has 0 saturated carbocycles. The van der Waals surface area contributed by atoms with Crippen LogP contribution in [0.4, 0.5) is 0 Å². The number of nitrogens with zero attached hydrogens (tertiary/aromatic N) is 2. The van der Waals surface area contributed by atoms with Crippen molar-refractivity contribution in [2.75, 3.05) is 32.9 Å². The van der Waals surface area contributed by atoms with E-state index in [1.54, 1.807) is 0 Å². The Morgan fingerprint density at radius 2 is 2.00 bits per heavy atom. The molecule has 2 aliphatic rings. The van der Waals surface area contributed by atoms with Crippen molar-refractivity contribution in [1.29, 1.82) is 0 Å². The fraction of sp³-hybridized carbons (Fsp3) is 0.577. The summed E-state index contributed by atoms with van der Waals surface area (Å²) in [6, 6.07) is 7.12. The molecule has 1 saturated heterocycles. The van der Waals surface area contributed by atoms with Crippen LogP contribution in [-0.2, 0) is 37.6 Å². The number of hydrogen-bond donors (Lipinski definition) is 2. The quantitative estimate of drug-likeness (QED) is 0.209. The summed E-state index contributed by atoms with van der Waals surface area (Å²) < 4.78 is 45.0. The standard InChI is InChI=1S/C26H36N2O3.H2O4S/c1-4-11-27-17-19-16-24-22(21-9-7-10-23(27)25(19)21)15-20(18-28(24)12-5-2)26(29)31-14-8-13-30-6-3;1-5(2,3)4/h5,7,9-10,17,20,22,24H,2,4,6,8,11-16,18H2,1,3H3;(H2,1,2,3,4)/t20-,22-,24-;/m1./s1. The van der Waals surface area contributed by atoms with Crippen LogP contribution >= 0.6 is 0 Å². The van der Waals surface area contributed by atoms with Crippen LogP contribution in [0.5, 0.6) is 0 Å². The van der Waals surface area contributed by atoms with E-state index in [0.717, 1.165) is 45.3 Å². The number of esters is 1. The van der Waals surface area contributed by atoms with Crippen LogP contribution in [0, 0.1) is 5.92 Å². The molecule has 2 aromatic rings. The monoisotopic (exact) mass is 522 g/mol. The molecular formula is C26H38N2O7S. The zero-order valence-corrected chi connectivity index (χ0v) is 22.0. The van der Waals surface area contributed by atoms with Crippen LogP contribution in [-0.4, -0.2) is 71.9 Å². The molecule has 200 valence electrons. The number of aryl methyl sites for hydroxylation is 1. The molecule has 9 nitrogen and oxygen atoms in total. The number of rotatable bonds is 10. The van der Waals surface area contributed by atoms with Crippen LogP contribution in [0.2, 0.25) is 0 Å². The number of piperidine rings is 1. The average molecular weight is 523 g/mol. The summed E-state index contributed by atoms with van der Waals surface area (Å²) in [7, 11) is -4.67. The molecule has 10 heteroatoms. The minimum Gasteiger partial charge on any atom is -0.465 e. The lowest BCUT2D eigenvalue weighted by molar-refractivity contribution is -0.151. The minimum absolute atomic E-state index is 0.0643. The summed E-state index contributed by atoms with van der Waals surface area (Å²) in [5.41, 5.74) is 4.19. The lowest BCUT2D eigenvalue weighted by atomic mass is 9.72. The Labute approximate surface area is 213 Å². The molecule has 1 aliphatic carbocycles. The van der Waals surface area contributed by atoms with Gasteiger partial charge in [0.2, 0.25) is 0 Å². The first-order chi connectivity index (χ1) is 17.2. The van der Waals surface area contributed by atoms with Gasteiger partial charge in [-0.25, -0.2) is 0 Å². The zero-order valence-electron chi connectivity index (χ0n) is 21.1. The third-order valence-electron chi connectivity index (χ3n) is 6.82. The van der Waals surface area contributed by atoms with Gasteiger partial charge in [-0.05, 0) is 43.4 Å². The normalized spacial score (nSPS) is 21.4. The number of carbonyl (C=O) groups is 1. The van der Waals surface area contributed by atoms with Gasteiger partial charge in [0.1, 0.15) is 0 Å². The Hall–Kier alpha value is -2.24. The van der Waals surface area contributed by atoms with Crippen molar-refractivity contribution in [1.82, 2.24) is 9.47 Å². The fourth-order valence-electron chi connectivity index (χ4n) is 5.54. The van der Waals surface area contributed by atoms with Gasteiger partial charge in [0.15, 0.2) is 0 Å². The highest BCUT2D eigenvalue weighted by molar-refractivity contribution is 7.79. The second kappa shape index (κ2) is 12.8. The average Bonchev–Trinajstić information content (AvgIpc) is 3.17. The van der Waals surface area contributed by atoms with Gasteiger partial charge in [0, 0.05) is 68.3 Å². The number of likely N-dealkylation sites (tertiary alicyclic amines) is 1. The van der Waals surface area contributed by atoms with Crippen molar-refractivity contribution in [2.45, 2.75) is 58.0 Å². The first-order valence-corrected chi connectivity index (χ1v) is 14.0. The highest BCUT2D eigenvalue weighted by atomic mass is 32.3. The number of hydrogen-bond acceptors (Lipinski definition) is 6. The van der Waals surface area contributed by atoms with Gasteiger partial charge in [-0.1, -0.05) is 25.1 Å². The lowest BCUT2D eigenvalue weighted by Gasteiger charge is -2.46. The molecule has 0 unspecified atom stereocenters. The molecule has 2 N–H and O–H groups in total. The van der Waals surface area contributed by atoms with Crippen LogP contribution in [0.25, 0.3) is 10.9 Å². The second-order valence-electron chi connectivity index (χ2n) is 9.31. The van der Waals surface area contributed by atoms with Gasteiger partial charge < -0.3 is 14.0 Å². The van der Waals surface area contributed by atoms with Crippen molar-refractivity contribution in [3.8, 4) is 0 Å². The van der Waals surface area contributed by atoms with E-state index in [2.05, 4.69) is 47.4 Å². The van der Waals surface area contributed by atoms with Crippen molar-refractivity contribution in [3.05, 3.63) is 48.2 Å². The Balaban J connectivity index is 0.000000658.